The van der Waals surface area contributed by atoms with Crippen LogP contribution >= 0.6 is 0 Å². The van der Waals surface area contributed by atoms with Gasteiger partial charge in [-0.1, -0.05) is 6.92 Å². The molecule has 1 rings (SSSR count). The first kappa shape index (κ1) is 10.9. The van der Waals surface area contributed by atoms with E-state index in [9.17, 15) is 13.2 Å². The van der Waals surface area contributed by atoms with E-state index in [0.717, 1.165) is 0 Å². The summed E-state index contributed by atoms with van der Waals surface area (Å²) in [6.07, 6.45) is 0.313. The van der Waals surface area contributed by atoms with E-state index < -0.39 is 23.2 Å². The maximum absolute atomic E-state index is 13.0. The molecule has 0 aliphatic carbocycles. The standard InChI is InChI=1S/C10H10F3O/c1-3-6(2)14-9-5-7(11)4-8(12)10(9)13/h4,6H,3H2,1-2H3. The Labute approximate surface area is 80.5 Å². The first-order valence-corrected chi connectivity index (χ1v) is 4.28. The third-order valence-electron chi connectivity index (χ3n) is 1.79. The summed E-state index contributed by atoms with van der Waals surface area (Å²) in [7, 11) is 0. The fourth-order valence-electron chi connectivity index (χ4n) is 0.848. The smallest absolute Gasteiger partial charge is 0.201 e. The van der Waals surface area contributed by atoms with Crippen LogP contribution in [0.2, 0.25) is 0 Å². The Morgan fingerprint density at radius 2 is 2.07 bits per heavy atom. The van der Waals surface area contributed by atoms with Crippen LogP contribution in [0.4, 0.5) is 13.2 Å². The third kappa shape index (κ3) is 2.40. The molecule has 0 aliphatic heterocycles. The normalized spacial score (nSPS) is 12.6. The monoisotopic (exact) mass is 203 g/mol. The van der Waals surface area contributed by atoms with Crippen LogP contribution < -0.4 is 4.74 Å². The average Bonchev–Trinajstić information content (AvgIpc) is 2.13. The van der Waals surface area contributed by atoms with Crippen molar-refractivity contribution in [3.8, 4) is 5.75 Å². The van der Waals surface area contributed by atoms with Crippen LogP contribution in [0.1, 0.15) is 20.3 Å². The van der Waals surface area contributed by atoms with E-state index >= 15 is 0 Å². The Morgan fingerprint density at radius 1 is 1.43 bits per heavy atom. The molecule has 1 radical (unpaired) electrons. The summed E-state index contributed by atoms with van der Waals surface area (Å²) in [5.41, 5.74) is 0. The molecule has 0 amide bonds. The van der Waals surface area contributed by atoms with Gasteiger partial charge in [0.25, 0.3) is 0 Å². The van der Waals surface area contributed by atoms with Crippen LogP contribution in [0, 0.1) is 23.5 Å². The molecule has 1 aromatic carbocycles. The summed E-state index contributed by atoms with van der Waals surface area (Å²) in [4.78, 5) is 0. The van der Waals surface area contributed by atoms with Crippen molar-refractivity contribution in [2.45, 2.75) is 26.4 Å². The quantitative estimate of drug-likeness (QED) is 0.686. The molecule has 1 nitrogen and oxygen atoms in total. The molecule has 0 bridgehead atoms. The van der Waals surface area contributed by atoms with Crippen LogP contribution in [0.5, 0.6) is 5.75 Å². The molecule has 0 heterocycles. The number of ether oxygens (including phenoxy) is 1. The minimum absolute atomic E-state index is 0.304. The lowest BCUT2D eigenvalue weighted by molar-refractivity contribution is 0.203. The summed E-state index contributed by atoms with van der Waals surface area (Å²) < 4.78 is 43.2. The molecule has 77 valence electrons. The SMILES string of the molecule is CCC(C)Oc1[c]c(F)cc(F)c1F. The Balaban J connectivity index is 2.96. The zero-order valence-corrected chi connectivity index (χ0v) is 7.90. The molecular weight excluding hydrogens is 193 g/mol. The Kier molecular flexibility index (Phi) is 3.38. The van der Waals surface area contributed by atoms with Crippen LogP contribution in [0.15, 0.2) is 6.07 Å². The zero-order chi connectivity index (χ0) is 10.7. The van der Waals surface area contributed by atoms with Crippen LogP contribution in [0.3, 0.4) is 0 Å². The molecule has 0 N–H and O–H groups in total. The number of hydrogen-bond acceptors (Lipinski definition) is 1. The minimum Gasteiger partial charge on any atom is -0.487 e. The number of hydrogen-bond donors (Lipinski definition) is 0. The minimum atomic E-state index is -1.26. The molecule has 0 saturated heterocycles. The highest BCUT2D eigenvalue weighted by molar-refractivity contribution is 5.24. The highest BCUT2D eigenvalue weighted by atomic mass is 19.2. The Morgan fingerprint density at radius 3 is 2.64 bits per heavy atom. The molecule has 1 atom stereocenters. The second-order valence-electron chi connectivity index (χ2n) is 2.95. The summed E-state index contributed by atoms with van der Waals surface area (Å²) in [5.74, 6) is -3.94. The van der Waals surface area contributed by atoms with Gasteiger partial charge in [0.2, 0.25) is 5.82 Å². The van der Waals surface area contributed by atoms with Gasteiger partial charge in [-0.15, -0.1) is 0 Å². The van der Waals surface area contributed by atoms with Gasteiger partial charge in [0.05, 0.1) is 12.2 Å². The molecule has 0 saturated carbocycles. The van der Waals surface area contributed by atoms with Gasteiger partial charge in [0.15, 0.2) is 11.6 Å². The number of halogens is 3. The average molecular weight is 203 g/mol. The topological polar surface area (TPSA) is 9.23 Å². The van der Waals surface area contributed by atoms with Crippen molar-refractivity contribution in [2.75, 3.05) is 0 Å². The van der Waals surface area contributed by atoms with Crippen LogP contribution in [-0.2, 0) is 0 Å². The maximum Gasteiger partial charge on any atom is 0.201 e. The fourth-order valence-corrected chi connectivity index (χ4v) is 0.848. The number of rotatable bonds is 3. The Hall–Kier alpha value is -1.19. The van der Waals surface area contributed by atoms with Gasteiger partial charge in [-0.3, -0.25) is 0 Å². The molecule has 4 heteroatoms. The Bertz CT molecular complexity index is 325. The van der Waals surface area contributed by atoms with Gasteiger partial charge in [0.1, 0.15) is 5.82 Å². The predicted molar refractivity (Wildman–Crippen MR) is 45.5 cm³/mol. The lowest BCUT2D eigenvalue weighted by Gasteiger charge is -2.12. The van der Waals surface area contributed by atoms with E-state index in [1.807, 2.05) is 13.0 Å². The van der Waals surface area contributed by atoms with E-state index in [2.05, 4.69) is 0 Å². The van der Waals surface area contributed by atoms with E-state index in [-0.39, 0.29) is 6.10 Å². The largest absolute Gasteiger partial charge is 0.487 e. The van der Waals surface area contributed by atoms with Gasteiger partial charge in [-0.25, -0.2) is 8.78 Å². The maximum atomic E-state index is 13.0. The number of benzene rings is 1. The van der Waals surface area contributed by atoms with E-state index in [1.165, 1.54) is 0 Å². The highest BCUT2D eigenvalue weighted by Crippen LogP contribution is 2.22. The molecule has 14 heavy (non-hydrogen) atoms. The van der Waals surface area contributed by atoms with Gasteiger partial charge < -0.3 is 4.74 Å². The van der Waals surface area contributed by atoms with Crippen molar-refractivity contribution in [3.63, 3.8) is 0 Å². The first-order valence-electron chi connectivity index (χ1n) is 4.28. The van der Waals surface area contributed by atoms with E-state index in [0.29, 0.717) is 12.5 Å². The lowest BCUT2D eigenvalue weighted by Crippen LogP contribution is -2.11. The summed E-state index contributed by atoms with van der Waals surface area (Å²) in [5, 5.41) is 0. The van der Waals surface area contributed by atoms with Crippen molar-refractivity contribution < 1.29 is 17.9 Å². The van der Waals surface area contributed by atoms with E-state index in [4.69, 9.17) is 4.74 Å². The highest BCUT2D eigenvalue weighted by Gasteiger charge is 2.14. The molecule has 0 aliphatic rings. The van der Waals surface area contributed by atoms with Gasteiger partial charge in [-0.05, 0) is 13.3 Å². The van der Waals surface area contributed by atoms with Crippen molar-refractivity contribution in [3.05, 3.63) is 29.6 Å². The first-order chi connectivity index (χ1) is 6.54. The van der Waals surface area contributed by atoms with Gasteiger partial charge in [0, 0.05) is 6.07 Å². The molecule has 0 fully saturated rings. The second-order valence-corrected chi connectivity index (χ2v) is 2.95. The molecule has 1 aromatic rings. The molecular formula is C10H10F3O. The predicted octanol–water partition coefficient (Wildman–Crippen LogP) is 3.08. The fraction of sp³-hybridized carbons (Fsp3) is 0.400. The lowest BCUT2D eigenvalue weighted by atomic mass is 10.3. The van der Waals surface area contributed by atoms with Crippen molar-refractivity contribution in [1.29, 1.82) is 0 Å². The molecule has 0 spiro atoms. The molecule has 0 aromatic heterocycles. The summed E-state index contributed by atoms with van der Waals surface area (Å²) in [6.45, 7) is 3.49. The van der Waals surface area contributed by atoms with Crippen LogP contribution in [0.25, 0.3) is 0 Å². The molecule has 1 unspecified atom stereocenters. The third-order valence-corrected chi connectivity index (χ3v) is 1.79. The van der Waals surface area contributed by atoms with Crippen molar-refractivity contribution >= 4 is 0 Å². The van der Waals surface area contributed by atoms with Gasteiger partial charge >= 0.3 is 0 Å². The second kappa shape index (κ2) is 4.35. The van der Waals surface area contributed by atoms with Crippen molar-refractivity contribution in [2.24, 2.45) is 0 Å². The zero-order valence-electron chi connectivity index (χ0n) is 7.90. The summed E-state index contributed by atoms with van der Waals surface area (Å²) in [6, 6.07) is 2.41. The van der Waals surface area contributed by atoms with E-state index in [1.54, 1.807) is 6.92 Å². The summed E-state index contributed by atoms with van der Waals surface area (Å²) >= 11 is 0. The van der Waals surface area contributed by atoms with Crippen LogP contribution in [-0.4, -0.2) is 6.10 Å². The van der Waals surface area contributed by atoms with Gasteiger partial charge in [-0.2, -0.15) is 4.39 Å². The van der Waals surface area contributed by atoms with Crippen molar-refractivity contribution in [1.82, 2.24) is 0 Å².